The molecule has 4 rings (SSSR count). The minimum atomic E-state index is -5.49. The number of fused-ring (bicyclic) bond motifs is 1. The van der Waals surface area contributed by atoms with Crippen LogP contribution in [0.5, 0.6) is 0 Å². The molecule has 11 nitrogen and oxygen atoms in total. The van der Waals surface area contributed by atoms with Gasteiger partial charge in [-0.1, -0.05) is 6.07 Å². The lowest BCUT2D eigenvalue weighted by Crippen LogP contribution is -2.59. The third-order valence-electron chi connectivity index (χ3n) is 6.35. The van der Waals surface area contributed by atoms with Crippen molar-refractivity contribution in [1.29, 1.82) is 0 Å². The lowest BCUT2D eigenvalue weighted by atomic mass is 9.92. The standard InChI is InChI=1S/C22H23F6N7O4S/c1-12-5-6-13(9-14(12)15-10-30-17-16(29)31-18(21(23,24)25)32-34(15)17)40(37,38)35(39-19(36)22(26,27)28)20(2)7-4-8-33(3)11-20/h5-6,9-10H,4,7-8,11H2,1-3H3,(H2,29,31,32). The number of carbonyl (C=O) groups is 1. The molecule has 1 aliphatic rings. The van der Waals surface area contributed by atoms with Crippen LogP contribution in [0.4, 0.5) is 32.2 Å². The maximum absolute atomic E-state index is 13.8. The highest BCUT2D eigenvalue weighted by atomic mass is 32.2. The van der Waals surface area contributed by atoms with Gasteiger partial charge in [0.25, 0.3) is 15.8 Å². The number of hydroxylamine groups is 1. The van der Waals surface area contributed by atoms with Crippen LogP contribution >= 0.6 is 0 Å². The number of hydrogen-bond acceptors (Lipinski definition) is 9. The molecule has 1 aromatic carbocycles. The van der Waals surface area contributed by atoms with Gasteiger partial charge in [0.1, 0.15) is 0 Å². The molecule has 0 saturated carbocycles. The van der Waals surface area contributed by atoms with E-state index in [9.17, 15) is 39.6 Å². The quantitative estimate of drug-likeness (QED) is 0.348. The molecule has 40 heavy (non-hydrogen) atoms. The normalized spacial score (nSPS) is 19.4. The highest BCUT2D eigenvalue weighted by Crippen LogP contribution is 2.36. The van der Waals surface area contributed by atoms with E-state index in [2.05, 4.69) is 19.9 Å². The second-order valence-corrected chi connectivity index (χ2v) is 11.4. The van der Waals surface area contributed by atoms with Gasteiger partial charge in [0.05, 0.1) is 22.3 Å². The fraction of sp³-hybridized carbons (Fsp3) is 0.455. The average molecular weight is 596 g/mol. The van der Waals surface area contributed by atoms with Gasteiger partial charge in [-0.2, -0.15) is 26.3 Å². The summed E-state index contributed by atoms with van der Waals surface area (Å²) in [5.41, 5.74) is 4.08. The Morgan fingerprint density at radius 2 is 1.88 bits per heavy atom. The van der Waals surface area contributed by atoms with Gasteiger partial charge in [-0.3, -0.25) is 0 Å². The molecular weight excluding hydrogens is 572 g/mol. The predicted octanol–water partition coefficient (Wildman–Crippen LogP) is 3.20. The fourth-order valence-electron chi connectivity index (χ4n) is 4.53. The summed E-state index contributed by atoms with van der Waals surface area (Å²) in [7, 11) is -3.33. The van der Waals surface area contributed by atoms with Crippen LogP contribution in [0.3, 0.4) is 0 Å². The number of aryl methyl sites for hydroxylation is 1. The Kier molecular flexibility index (Phi) is 7.25. The summed E-state index contributed by atoms with van der Waals surface area (Å²) < 4.78 is 108. The van der Waals surface area contributed by atoms with Crippen LogP contribution in [0.25, 0.3) is 16.9 Å². The Labute approximate surface area is 223 Å². The third-order valence-corrected chi connectivity index (χ3v) is 8.15. The second-order valence-electron chi connectivity index (χ2n) is 9.62. The molecule has 3 aromatic rings. The van der Waals surface area contributed by atoms with Gasteiger partial charge >= 0.3 is 18.3 Å². The van der Waals surface area contributed by atoms with Gasteiger partial charge in [0, 0.05) is 12.1 Å². The van der Waals surface area contributed by atoms with Crippen molar-refractivity contribution >= 4 is 27.5 Å². The van der Waals surface area contributed by atoms with Gasteiger partial charge in [-0.15, -0.1) is 5.10 Å². The van der Waals surface area contributed by atoms with Crippen molar-refractivity contribution in [2.75, 3.05) is 25.9 Å². The number of benzene rings is 1. The summed E-state index contributed by atoms with van der Waals surface area (Å²) in [5.74, 6) is -4.89. The number of likely N-dealkylation sites (N-methyl/N-ethyl adjacent to an activating group) is 1. The van der Waals surface area contributed by atoms with E-state index in [1.54, 1.807) is 11.9 Å². The summed E-state index contributed by atoms with van der Waals surface area (Å²) >= 11 is 0. The van der Waals surface area contributed by atoms with Crippen LogP contribution < -0.4 is 5.73 Å². The van der Waals surface area contributed by atoms with Gasteiger partial charge < -0.3 is 15.5 Å². The number of nitrogens with two attached hydrogens (primary N) is 1. The van der Waals surface area contributed by atoms with Gasteiger partial charge in [-0.05, 0) is 62.4 Å². The molecule has 1 atom stereocenters. The van der Waals surface area contributed by atoms with Crippen LogP contribution in [-0.2, 0) is 25.8 Å². The zero-order valence-corrected chi connectivity index (χ0v) is 22.0. The predicted molar refractivity (Wildman–Crippen MR) is 127 cm³/mol. The molecule has 1 aliphatic heterocycles. The molecule has 0 spiro atoms. The summed E-state index contributed by atoms with van der Waals surface area (Å²) in [6.45, 7) is 3.34. The zero-order chi connectivity index (χ0) is 29.8. The maximum atomic E-state index is 13.8. The summed E-state index contributed by atoms with van der Waals surface area (Å²) in [4.78, 5) is 24.5. The largest absolute Gasteiger partial charge is 0.492 e. The number of halogens is 6. The first-order chi connectivity index (χ1) is 18.3. The first-order valence-electron chi connectivity index (χ1n) is 11.6. The highest BCUT2D eigenvalue weighted by molar-refractivity contribution is 7.89. The fourth-order valence-corrected chi connectivity index (χ4v) is 6.13. The van der Waals surface area contributed by atoms with Crippen molar-refractivity contribution in [2.45, 2.75) is 49.5 Å². The molecule has 1 fully saturated rings. The van der Waals surface area contributed by atoms with E-state index in [-0.39, 0.29) is 34.3 Å². The SMILES string of the molecule is Cc1ccc(S(=O)(=O)N(OC(=O)C(F)(F)F)C2(C)CCCN(C)C2)cc1-c1cnc2c(N)nc(C(F)(F)F)nn12. The van der Waals surface area contributed by atoms with Crippen LogP contribution in [0, 0.1) is 6.92 Å². The molecule has 2 aromatic heterocycles. The lowest BCUT2D eigenvalue weighted by molar-refractivity contribution is -0.236. The van der Waals surface area contributed by atoms with Crippen molar-refractivity contribution in [1.82, 2.24) is 29.0 Å². The summed E-state index contributed by atoms with van der Waals surface area (Å²) in [6.07, 6.45) is -8.89. The van der Waals surface area contributed by atoms with E-state index in [1.165, 1.54) is 19.9 Å². The van der Waals surface area contributed by atoms with E-state index in [0.29, 0.717) is 18.5 Å². The Morgan fingerprint density at radius 1 is 1.20 bits per heavy atom. The monoisotopic (exact) mass is 595 g/mol. The first kappa shape index (κ1) is 29.5. The molecule has 18 heteroatoms. The molecule has 0 radical (unpaired) electrons. The number of likely N-dealkylation sites (tertiary alicyclic amines) is 1. The summed E-state index contributed by atoms with van der Waals surface area (Å²) in [5, 5.41) is 3.45. The topological polar surface area (TPSA) is 136 Å². The number of aromatic nitrogens is 4. The van der Waals surface area contributed by atoms with E-state index < -0.39 is 50.4 Å². The van der Waals surface area contributed by atoms with E-state index in [0.717, 1.165) is 22.8 Å². The number of imidazole rings is 1. The zero-order valence-electron chi connectivity index (χ0n) is 21.2. The van der Waals surface area contributed by atoms with Gasteiger partial charge in [-0.25, -0.2) is 27.7 Å². The maximum Gasteiger partial charge on any atom is 0.492 e. The molecule has 1 saturated heterocycles. The van der Waals surface area contributed by atoms with Gasteiger partial charge in [0.2, 0.25) is 0 Å². The smallest absolute Gasteiger partial charge is 0.380 e. The minimum Gasteiger partial charge on any atom is -0.380 e. The number of alkyl halides is 6. The number of nitrogen functional groups attached to an aromatic ring is 1. The third kappa shape index (κ3) is 5.42. The number of rotatable bonds is 5. The van der Waals surface area contributed by atoms with Crippen molar-refractivity contribution in [3.8, 4) is 11.3 Å². The number of anilines is 1. The molecule has 0 bridgehead atoms. The molecule has 0 aliphatic carbocycles. The van der Waals surface area contributed by atoms with Crippen LogP contribution in [-0.4, -0.2) is 75.2 Å². The van der Waals surface area contributed by atoms with E-state index in [1.807, 2.05) is 0 Å². The summed E-state index contributed by atoms with van der Waals surface area (Å²) in [6, 6.07) is 3.38. The molecular formula is C22H23F6N7O4S. The van der Waals surface area contributed by atoms with Crippen molar-refractivity contribution in [2.24, 2.45) is 0 Å². The average Bonchev–Trinajstić information content (AvgIpc) is 3.25. The molecule has 2 N–H and O–H groups in total. The Hall–Kier alpha value is -3.51. The molecule has 3 heterocycles. The number of hydrogen-bond donors (Lipinski definition) is 1. The molecule has 218 valence electrons. The molecule has 0 amide bonds. The minimum absolute atomic E-state index is 0.0211. The highest BCUT2D eigenvalue weighted by Gasteiger charge is 2.51. The molecule has 1 unspecified atom stereocenters. The lowest BCUT2D eigenvalue weighted by Gasteiger charge is -2.43. The van der Waals surface area contributed by atoms with Crippen molar-refractivity contribution < 1.29 is 44.4 Å². The Morgan fingerprint density at radius 3 is 2.48 bits per heavy atom. The number of nitrogens with zero attached hydrogens (tertiary/aromatic N) is 6. The Balaban J connectivity index is 1.87. The van der Waals surface area contributed by atoms with Crippen molar-refractivity contribution in [3.05, 3.63) is 35.8 Å². The Bertz CT molecular complexity index is 1570. The van der Waals surface area contributed by atoms with E-state index in [4.69, 9.17) is 5.73 Å². The van der Waals surface area contributed by atoms with E-state index >= 15 is 0 Å². The van der Waals surface area contributed by atoms with Crippen LogP contribution in [0.15, 0.2) is 29.3 Å². The number of sulfonamides is 1. The first-order valence-corrected chi connectivity index (χ1v) is 13.0. The van der Waals surface area contributed by atoms with Crippen LogP contribution in [0.2, 0.25) is 0 Å². The second kappa shape index (κ2) is 9.84. The number of carbonyl (C=O) groups excluding carboxylic acids is 1. The van der Waals surface area contributed by atoms with Crippen LogP contribution in [0.1, 0.15) is 31.2 Å². The van der Waals surface area contributed by atoms with Crippen molar-refractivity contribution in [3.63, 3.8) is 0 Å². The number of piperidine rings is 1. The van der Waals surface area contributed by atoms with Gasteiger partial charge in [0.15, 0.2) is 11.5 Å².